The van der Waals surface area contributed by atoms with Gasteiger partial charge in [-0.2, -0.15) is 0 Å². The number of halogens is 2. The fourth-order valence-electron chi connectivity index (χ4n) is 1.72. The van der Waals surface area contributed by atoms with Crippen molar-refractivity contribution in [1.29, 1.82) is 0 Å². The first kappa shape index (κ1) is 17.4. The third-order valence-electron chi connectivity index (χ3n) is 2.70. The maximum Gasteiger partial charge on any atom is 0.320 e. The smallest absolute Gasteiger partial charge is 0.320 e. The van der Waals surface area contributed by atoms with E-state index in [4.69, 9.17) is 5.11 Å². The Kier molecular flexibility index (Phi) is 8.24. The van der Waals surface area contributed by atoms with Crippen LogP contribution in [0.25, 0.3) is 0 Å². The number of nitrogens with one attached hydrogen (secondary N) is 1. The van der Waals surface area contributed by atoms with Crippen LogP contribution in [0.2, 0.25) is 0 Å². The highest BCUT2D eigenvalue weighted by Gasteiger charge is 2.18. The van der Waals surface area contributed by atoms with Crippen LogP contribution < -0.4 is 5.32 Å². The summed E-state index contributed by atoms with van der Waals surface area (Å²) in [6.45, 7) is 3.97. The molecule has 1 aromatic carbocycles. The summed E-state index contributed by atoms with van der Waals surface area (Å²) in [5.74, 6) is -0.782. The van der Waals surface area contributed by atoms with E-state index in [2.05, 4.69) is 21.2 Å². The molecule has 5 heteroatoms. The van der Waals surface area contributed by atoms with Crippen LogP contribution in [-0.4, -0.2) is 17.1 Å². The normalized spacial score (nSPS) is 13.5. The number of benzene rings is 1. The Balaban J connectivity index is 0.00000289. The van der Waals surface area contributed by atoms with E-state index in [0.717, 1.165) is 16.5 Å². The number of carboxylic acid groups (broad SMARTS) is 1. The van der Waals surface area contributed by atoms with Gasteiger partial charge >= 0.3 is 5.97 Å². The summed E-state index contributed by atoms with van der Waals surface area (Å²) in [6, 6.07) is 7.47. The molecular weight excluding hydrogens is 318 g/mol. The summed E-state index contributed by atoms with van der Waals surface area (Å²) in [5.41, 5.74) is 1.09. The van der Waals surface area contributed by atoms with Crippen LogP contribution in [0.15, 0.2) is 28.7 Å². The minimum atomic E-state index is -0.782. The number of hydrogen-bond donors (Lipinski definition) is 2. The van der Waals surface area contributed by atoms with Crippen molar-refractivity contribution in [3.63, 3.8) is 0 Å². The molecule has 1 aromatic rings. The van der Waals surface area contributed by atoms with Crippen molar-refractivity contribution in [2.75, 3.05) is 0 Å². The predicted octanol–water partition coefficient (Wildman–Crippen LogP) is 3.77. The van der Waals surface area contributed by atoms with Crippen molar-refractivity contribution in [2.24, 2.45) is 0 Å². The number of aliphatic carboxylic acids is 1. The standard InChI is InChI=1S/C13H18BrNO2.ClH/c1-3-4-12(13(16)17)15-9(2)10-5-7-11(14)8-6-10;/h5-9,12,15H,3-4H2,1-2H3,(H,16,17);1H. The average molecular weight is 337 g/mol. The predicted molar refractivity (Wildman–Crippen MR) is 79.3 cm³/mol. The van der Waals surface area contributed by atoms with Crippen LogP contribution in [0.4, 0.5) is 0 Å². The molecule has 3 nitrogen and oxygen atoms in total. The average Bonchev–Trinajstić information content (AvgIpc) is 2.29. The molecule has 0 radical (unpaired) electrons. The van der Waals surface area contributed by atoms with Crippen molar-refractivity contribution in [2.45, 2.75) is 38.8 Å². The summed E-state index contributed by atoms with van der Waals surface area (Å²) < 4.78 is 1.02. The molecule has 0 saturated carbocycles. The minimum absolute atomic E-state index is 0. The highest BCUT2D eigenvalue weighted by atomic mass is 79.9. The van der Waals surface area contributed by atoms with Gasteiger partial charge in [0.05, 0.1) is 0 Å². The summed E-state index contributed by atoms with van der Waals surface area (Å²) in [6.07, 6.45) is 1.51. The quantitative estimate of drug-likeness (QED) is 0.831. The molecule has 0 bridgehead atoms. The Labute approximate surface area is 123 Å². The SMILES string of the molecule is CCCC(NC(C)c1ccc(Br)cc1)C(=O)O.Cl. The summed E-state index contributed by atoms with van der Waals surface area (Å²) >= 11 is 3.38. The zero-order valence-electron chi connectivity index (χ0n) is 10.5. The lowest BCUT2D eigenvalue weighted by molar-refractivity contribution is -0.139. The molecule has 18 heavy (non-hydrogen) atoms. The topological polar surface area (TPSA) is 49.3 Å². The fraction of sp³-hybridized carbons (Fsp3) is 0.462. The van der Waals surface area contributed by atoms with Gasteiger partial charge in [0.2, 0.25) is 0 Å². The number of rotatable bonds is 6. The van der Waals surface area contributed by atoms with Crippen LogP contribution in [0.1, 0.15) is 38.3 Å². The van der Waals surface area contributed by atoms with E-state index in [0.29, 0.717) is 6.42 Å². The van der Waals surface area contributed by atoms with Crippen LogP contribution >= 0.6 is 28.3 Å². The van der Waals surface area contributed by atoms with Crippen molar-refractivity contribution in [1.82, 2.24) is 5.32 Å². The molecule has 0 saturated heterocycles. The van der Waals surface area contributed by atoms with E-state index in [9.17, 15) is 4.79 Å². The second-order valence-corrected chi connectivity index (χ2v) is 5.04. The maximum absolute atomic E-state index is 11.0. The van der Waals surface area contributed by atoms with Gasteiger partial charge in [-0.1, -0.05) is 41.4 Å². The van der Waals surface area contributed by atoms with Gasteiger partial charge in [-0.25, -0.2) is 0 Å². The monoisotopic (exact) mass is 335 g/mol. The summed E-state index contributed by atoms with van der Waals surface area (Å²) in [5, 5.41) is 12.2. The van der Waals surface area contributed by atoms with Crippen LogP contribution in [0.3, 0.4) is 0 Å². The lowest BCUT2D eigenvalue weighted by atomic mass is 10.1. The Bertz CT molecular complexity index is 370. The molecule has 0 aliphatic rings. The summed E-state index contributed by atoms with van der Waals surface area (Å²) in [7, 11) is 0. The Morgan fingerprint density at radius 3 is 2.39 bits per heavy atom. The molecule has 0 aliphatic carbocycles. The highest BCUT2D eigenvalue weighted by Crippen LogP contribution is 2.17. The number of carbonyl (C=O) groups is 1. The number of carboxylic acids is 1. The van der Waals surface area contributed by atoms with Crippen molar-refractivity contribution in [3.05, 3.63) is 34.3 Å². The molecular formula is C13H19BrClNO2. The van der Waals surface area contributed by atoms with Gasteiger partial charge in [-0.3, -0.25) is 10.1 Å². The Hall–Kier alpha value is -0.580. The Morgan fingerprint density at radius 2 is 1.94 bits per heavy atom. The lowest BCUT2D eigenvalue weighted by Crippen LogP contribution is -2.38. The van der Waals surface area contributed by atoms with Crippen molar-refractivity contribution < 1.29 is 9.90 Å². The lowest BCUT2D eigenvalue weighted by Gasteiger charge is -2.20. The van der Waals surface area contributed by atoms with Gasteiger partial charge in [0.25, 0.3) is 0 Å². The second kappa shape index (κ2) is 8.51. The zero-order valence-corrected chi connectivity index (χ0v) is 12.9. The third-order valence-corrected chi connectivity index (χ3v) is 3.23. The van der Waals surface area contributed by atoms with Gasteiger partial charge in [-0.05, 0) is 31.0 Å². The van der Waals surface area contributed by atoms with E-state index >= 15 is 0 Å². The van der Waals surface area contributed by atoms with Gasteiger partial charge in [-0.15, -0.1) is 12.4 Å². The van der Waals surface area contributed by atoms with E-state index in [1.54, 1.807) is 0 Å². The fourth-order valence-corrected chi connectivity index (χ4v) is 1.98. The van der Waals surface area contributed by atoms with Gasteiger partial charge in [0.15, 0.2) is 0 Å². The first-order valence-electron chi connectivity index (χ1n) is 5.79. The molecule has 0 amide bonds. The minimum Gasteiger partial charge on any atom is -0.480 e. The summed E-state index contributed by atoms with van der Waals surface area (Å²) in [4.78, 5) is 11.0. The molecule has 102 valence electrons. The first-order chi connectivity index (χ1) is 8.04. The highest BCUT2D eigenvalue weighted by molar-refractivity contribution is 9.10. The molecule has 1 rings (SSSR count). The van der Waals surface area contributed by atoms with E-state index < -0.39 is 12.0 Å². The molecule has 0 heterocycles. The zero-order chi connectivity index (χ0) is 12.8. The van der Waals surface area contributed by atoms with E-state index in [1.807, 2.05) is 38.1 Å². The number of hydrogen-bond acceptors (Lipinski definition) is 2. The molecule has 2 atom stereocenters. The van der Waals surface area contributed by atoms with Gasteiger partial charge < -0.3 is 5.11 Å². The van der Waals surface area contributed by atoms with Gasteiger partial charge in [0.1, 0.15) is 6.04 Å². The van der Waals surface area contributed by atoms with Crippen LogP contribution in [-0.2, 0) is 4.79 Å². The van der Waals surface area contributed by atoms with Crippen LogP contribution in [0.5, 0.6) is 0 Å². The molecule has 0 aromatic heterocycles. The van der Waals surface area contributed by atoms with Crippen molar-refractivity contribution in [3.8, 4) is 0 Å². The third kappa shape index (κ3) is 5.38. The van der Waals surface area contributed by atoms with Crippen molar-refractivity contribution >= 4 is 34.3 Å². The Morgan fingerprint density at radius 1 is 1.39 bits per heavy atom. The van der Waals surface area contributed by atoms with Gasteiger partial charge in [0, 0.05) is 10.5 Å². The molecule has 2 N–H and O–H groups in total. The van der Waals surface area contributed by atoms with E-state index in [-0.39, 0.29) is 18.4 Å². The molecule has 0 spiro atoms. The van der Waals surface area contributed by atoms with Crippen LogP contribution in [0, 0.1) is 0 Å². The maximum atomic E-state index is 11.0. The first-order valence-corrected chi connectivity index (χ1v) is 6.58. The largest absolute Gasteiger partial charge is 0.480 e. The van der Waals surface area contributed by atoms with E-state index in [1.165, 1.54) is 0 Å². The molecule has 0 fully saturated rings. The molecule has 2 unspecified atom stereocenters. The second-order valence-electron chi connectivity index (χ2n) is 4.12. The molecule has 0 aliphatic heterocycles.